The molecule has 2 aromatic carbocycles. The van der Waals surface area contributed by atoms with Crippen molar-refractivity contribution in [3.8, 4) is 0 Å². The van der Waals surface area contributed by atoms with Gasteiger partial charge in [-0.05, 0) is 17.5 Å². The molecule has 0 aliphatic rings. The van der Waals surface area contributed by atoms with Crippen LogP contribution in [0, 0.1) is 20.2 Å². The van der Waals surface area contributed by atoms with Crippen molar-refractivity contribution in [2.45, 2.75) is 25.7 Å². The second-order valence-corrected chi connectivity index (χ2v) is 5.29. The number of hydrogen-bond acceptors (Lipinski definition) is 4. The summed E-state index contributed by atoms with van der Waals surface area (Å²) in [5, 5.41) is 21.5. The van der Waals surface area contributed by atoms with E-state index in [9.17, 15) is 20.2 Å². The third-order valence-corrected chi connectivity index (χ3v) is 4.14. The number of rotatable bonds is 5. The molecule has 0 radical (unpaired) electrons. The van der Waals surface area contributed by atoms with Crippen molar-refractivity contribution in [3.05, 3.63) is 79.9 Å². The Morgan fingerprint density at radius 3 is 1.36 bits per heavy atom. The summed E-state index contributed by atoms with van der Waals surface area (Å²) in [6.07, 6.45) is 0.766. The SMILES string of the molecule is CCC(C)(c1ccc([N+](=O)[O-])cc1)c1ccc([N+](=O)[O-])cc1. The Labute approximate surface area is 127 Å². The van der Waals surface area contributed by atoms with Gasteiger partial charge in [-0.3, -0.25) is 20.2 Å². The maximum atomic E-state index is 10.7. The molecule has 0 aliphatic carbocycles. The van der Waals surface area contributed by atoms with E-state index in [0.717, 1.165) is 17.5 Å². The second kappa shape index (κ2) is 5.93. The number of nitro groups is 2. The molecule has 0 aliphatic heterocycles. The van der Waals surface area contributed by atoms with E-state index in [2.05, 4.69) is 0 Å². The highest BCUT2D eigenvalue weighted by atomic mass is 16.6. The number of non-ortho nitro benzene ring substituents is 2. The standard InChI is InChI=1S/C16H16N2O4/c1-3-16(2,12-4-8-14(9-5-12)17(19)20)13-6-10-15(11-7-13)18(21)22/h4-11H,3H2,1-2H3. The molecule has 6 nitrogen and oxygen atoms in total. The first-order chi connectivity index (χ1) is 10.4. The van der Waals surface area contributed by atoms with E-state index in [-0.39, 0.29) is 16.8 Å². The monoisotopic (exact) mass is 300 g/mol. The molecule has 114 valence electrons. The van der Waals surface area contributed by atoms with Gasteiger partial charge in [-0.25, -0.2) is 0 Å². The van der Waals surface area contributed by atoms with Crippen molar-refractivity contribution in [1.82, 2.24) is 0 Å². The Morgan fingerprint density at radius 2 is 1.14 bits per heavy atom. The van der Waals surface area contributed by atoms with Crippen molar-refractivity contribution in [2.75, 3.05) is 0 Å². The Hall–Kier alpha value is -2.76. The first kappa shape index (κ1) is 15.6. The zero-order chi connectivity index (χ0) is 16.3. The number of benzene rings is 2. The van der Waals surface area contributed by atoms with Gasteiger partial charge in [0.1, 0.15) is 0 Å². The topological polar surface area (TPSA) is 86.3 Å². The first-order valence-corrected chi connectivity index (χ1v) is 6.88. The molecule has 0 aromatic heterocycles. The van der Waals surface area contributed by atoms with Crippen LogP contribution in [0.2, 0.25) is 0 Å². The summed E-state index contributed by atoms with van der Waals surface area (Å²) in [5.74, 6) is 0. The Bertz CT molecular complexity index is 636. The lowest BCUT2D eigenvalue weighted by Crippen LogP contribution is -2.22. The minimum atomic E-state index is -0.432. The van der Waals surface area contributed by atoms with Crippen molar-refractivity contribution >= 4 is 11.4 Å². The molecule has 0 bridgehead atoms. The minimum absolute atomic E-state index is 0.0471. The minimum Gasteiger partial charge on any atom is -0.258 e. The molecular weight excluding hydrogens is 284 g/mol. The average Bonchev–Trinajstić information content (AvgIpc) is 2.54. The summed E-state index contributed by atoms with van der Waals surface area (Å²) in [5.41, 5.74) is 1.62. The van der Waals surface area contributed by atoms with Crippen LogP contribution in [-0.4, -0.2) is 9.85 Å². The van der Waals surface area contributed by atoms with Gasteiger partial charge >= 0.3 is 0 Å². The van der Waals surface area contributed by atoms with Gasteiger partial charge in [0.15, 0.2) is 0 Å². The molecule has 0 amide bonds. The molecule has 0 atom stereocenters. The lowest BCUT2D eigenvalue weighted by Gasteiger charge is -2.29. The highest BCUT2D eigenvalue weighted by Gasteiger charge is 2.27. The number of nitro benzene ring substituents is 2. The van der Waals surface area contributed by atoms with Crippen LogP contribution in [0.4, 0.5) is 11.4 Å². The molecule has 0 fully saturated rings. The fourth-order valence-electron chi connectivity index (χ4n) is 2.48. The molecular formula is C16H16N2O4. The number of hydrogen-bond donors (Lipinski definition) is 0. The molecule has 6 heteroatoms. The molecule has 2 aromatic rings. The zero-order valence-corrected chi connectivity index (χ0v) is 12.4. The molecule has 0 saturated carbocycles. The van der Waals surface area contributed by atoms with E-state index >= 15 is 0 Å². The van der Waals surface area contributed by atoms with Crippen LogP contribution in [-0.2, 0) is 5.41 Å². The highest BCUT2D eigenvalue weighted by Crippen LogP contribution is 2.36. The van der Waals surface area contributed by atoms with Crippen molar-refractivity contribution in [3.63, 3.8) is 0 Å². The van der Waals surface area contributed by atoms with Gasteiger partial charge in [0.2, 0.25) is 0 Å². The van der Waals surface area contributed by atoms with Crippen LogP contribution in [0.25, 0.3) is 0 Å². The van der Waals surface area contributed by atoms with E-state index in [0.29, 0.717) is 0 Å². The maximum Gasteiger partial charge on any atom is 0.269 e. The molecule has 0 unspecified atom stereocenters. The smallest absolute Gasteiger partial charge is 0.258 e. The van der Waals surface area contributed by atoms with Crippen LogP contribution < -0.4 is 0 Å². The third kappa shape index (κ3) is 2.81. The summed E-state index contributed by atoms with van der Waals surface area (Å²) in [4.78, 5) is 20.6. The van der Waals surface area contributed by atoms with E-state index in [1.54, 1.807) is 24.3 Å². The summed E-state index contributed by atoms with van der Waals surface area (Å²) in [6.45, 7) is 4.04. The lowest BCUT2D eigenvalue weighted by molar-refractivity contribution is -0.385. The van der Waals surface area contributed by atoms with Crippen LogP contribution in [0.1, 0.15) is 31.4 Å². The molecule has 0 spiro atoms. The molecule has 22 heavy (non-hydrogen) atoms. The average molecular weight is 300 g/mol. The fraction of sp³-hybridized carbons (Fsp3) is 0.250. The molecule has 0 saturated heterocycles. The predicted octanol–water partition coefficient (Wildman–Crippen LogP) is 4.22. The van der Waals surface area contributed by atoms with E-state index in [4.69, 9.17) is 0 Å². The predicted molar refractivity (Wildman–Crippen MR) is 82.9 cm³/mol. The second-order valence-electron chi connectivity index (χ2n) is 5.29. The van der Waals surface area contributed by atoms with Gasteiger partial charge in [-0.1, -0.05) is 38.1 Å². The van der Waals surface area contributed by atoms with Gasteiger partial charge in [0.25, 0.3) is 11.4 Å². The fourth-order valence-corrected chi connectivity index (χ4v) is 2.48. The summed E-state index contributed by atoms with van der Waals surface area (Å²) in [6, 6.07) is 12.9. The summed E-state index contributed by atoms with van der Waals surface area (Å²) >= 11 is 0. The van der Waals surface area contributed by atoms with Crippen LogP contribution >= 0.6 is 0 Å². The van der Waals surface area contributed by atoms with E-state index < -0.39 is 9.85 Å². The van der Waals surface area contributed by atoms with Gasteiger partial charge in [-0.15, -0.1) is 0 Å². The zero-order valence-electron chi connectivity index (χ0n) is 12.4. The van der Waals surface area contributed by atoms with Crippen molar-refractivity contribution in [1.29, 1.82) is 0 Å². The first-order valence-electron chi connectivity index (χ1n) is 6.88. The Kier molecular flexibility index (Phi) is 4.21. The summed E-state index contributed by atoms with van der Waals surface area (Å²) < 4.78 is 0. The number of nitrogens with zero attached hydrogens (tertiary/aromatic N) is 2. The van der Waals surface area contributed by atoms with Crippen LogP contribution in [0.15, 0.2) is 48.5 Å². The highest BCUT2D eigenvalue weighted by molar-refractivity contribution is 5.45. The lowest BCUT2D eigenvalue weighted by atomic mass is 9.74. The largest absolute Gasteiger partial charge is 0.269 e. The van der Waals surface area contributed by atoms with Gasteiger partial charge in [-0.2, -0.15) is 0 Å². The Morgan fingerprint density at radius 1 is 0.818 bits per heavy atom. The van der Waals surface area contributed by atoms with Crippen molar-refractivity contribution < 1.29 is 9.85 Å². The Balaban J connectivity index is 2.42. The third-order valence-electron chi connectivity index (χ3n) is 4.14. The summed E-state index contributed by atoms with van der Waals surface area (Å²) in [7, 11) is 0. The van der Waals surface area contributed by atoms with E-state index in [1.165, 1.54) is 24.3 Å². The van der Waals surface area contributed by atoms with Crippen LogP contribution in [0.5, 0.6) is 0 Å². The van der Waals surface area contributed by atoms with Crippen molar-refractivity contribution in [2.24, 2.45) is 0 Å². The maximum absolute atomic E-state index is 10.7. The molecule has 2 rings (SSSR count). The van der Waals surface area contributed by atoms with Gasteiger partial charge in [0, 0.05) is 29.7 Å². The quantitative estimate of drug-likeness (QED) is 0.611. The van der Waals surface area contributed by atoms with Gasteiger partial charge < -0.3 is 0 Å². The van der Waals surface area contributed by atoms with E-state index in [1.807, 2.05) is 13.8 Å². The molecule has 0 N–H and O–H groups in total. The van der Waals surface area contributed by atoms with Crippen LogP contribution in [0.3, 0.4) is 0 Å². The normalized spacial score (nSPS) is 11.2. The van der Waals surface area contributed by atoms with Gasteiger partial charge in [0.05, 0.1) is 9.85 Å². The molecule has 0 heterocycles.